The van der Waals surface area contributed by atoms with Gasteiger partial charge in [0.05, 0.1) is 18.8 Å². The van der Waals surface area contributed by atoms with Gasteiger partial charge in [-0.1, -0.05) is 117 Å². The van der Waals surface area contributed by atoms with Crippen LogP contribution in [0.25, 0.3) is 0 Å². The van der Waals surface area contributed by atoms with Gasteiger partial charge < -0.3 is 18.9 Å². The number of thioether (sulfide) groups is 1. The first-order valence-corrected chi connectivity index (χ1v) is 18.8. The summed E-state index contributed by atoms with van der Waals surface area (Å²) in [5.41, 5.74) is 0. The molecule has 0 aliphatic rings. The molecule has 0 aliphatic carbocycles. The summed E-state index contributed by atoms with van der Waals surface area (Å²) in [6.45, 7) is 11.8. The normalized spacial score (nSPS) is 15.7. The van der Waals surface area contributed by atoms with Crippen molar-refractivity contribution in [1.82, 2.24) is 0 Å². The number of hydrogen-bond donors (Lipinski definition) is 1. The fourth-order valence-corrected chi connectivity index (χ4v) is 7.14. The molecule has 0 aromatic rings. The van der Waals surface area contributed by atoms with Crippen molar-refractivity contribution < 1.29 is 28.3 Å². The number of esters is 1. The maximum absolute atomic E-state index is 13.0. The Labute approximate surface area is 246 Å². The van der Waals surface area contributed by atoms with E-state index in [1.54, 1.807) is 13.8 Å². The predicted octanol–water partition coefficient (Wildman–Crippen LogP) is 10.1. The van der Waals surface area contributed by atoms with Gasteiger partial charge in [-0.05, 0) is 45.8 Å². The molecule has 0 fully saturated rings. The van der Waals surface area contributed by atoms with Crippen LogP contribution in [0, 0.1) is 0 Å². The van der Waals surface area contributed by atoms with Crippen LogP contribution >= 0.6 is 19.4 Å². The molecule has 0 spiro atoms. The molecular formula is C31H63O6PS. The van der Waals surface area contributed by atoms with E-state index in [4.69, 9.17) is 14.0 Å². The first-order valence-electron chi connectivity index (χ1n) is 16.1. The van der Waals surface area contributed by atoms with E-state index in [1.165, 1.54) is 89.9 Å². The zero-order valence-corrected chi connectivity index (χ0v) is 28.0. The fraction of sp³-hybridized carbons (Fsp3) is 0.968. The fourth-order valence-electron chi connectivity index (χ4n) is 4.54. The first-order chi connectivity index (χ1) is 18.7. The molecule has 234 valence electrons. The Morgan fingerprint density at radius 1 is 0.744 bits per heavy atom. The van der Waals surface area contributed by atoms with Crippen molar-refractivity contribution in [3.63, 3.8) is 0 Å². The van der Waals surface area contributed by atoms with Gasteiger partial charge in [-0.25, -0.2) is 4.79 Å². The molecule has 0 saturated heterocycles. The van der Waals surface area contributed by atoms with Gasteiger partial charge in [0.15, 0.2) is 0 Å². The molecule has 8 heteroatoms. The Hall–Kier alpha value is -0.0700. The molecule has 0 rings (SSSR count). The summed E-state index contributed by atoms with van der Waals surface area (Å²) in [5, 5.41) is 0.148. The lowest BCUT2D eigenvalue weighted by Crippen LogP contribution is -2.36. The number of unbranched alkanes of at least 4 members (excludes halogenated alkanes) is 14. The van der Waals surface area contributed by atoms with E-state index < -0.39 is 25.5 Å². The Bertz CT molecular complexity index is 618. The Kier molecular flexibility index (Phi) is 25.6. The third-order valence-electron chi connectivity index (χ3n) is 6.87. The quantitative estimate of drug-likeness (QED) is 0.0548. The van der Waals surface area contributed by atoms with Crippen molar-refractivity contribution in [2.45, 2.75) is 180 Å². The van der Waals surface area contributed by atoms with Crippen LogP contribution in [0.2, 0.25) is 0 Å². The van der Waals surface area contributed by atoms with Crippen molar-refractivity contribution in [1.29, 1.82) is 0 Å². The van der Waals surface area contributed by atoms with E-state index in [1.807, 2.05) is 25.6 Å². The number of carbonyl (C=O) groups excluding carboxylic acids is 1. The highest BCUT2D eigenvalue weighted by atomic mass is 32.2. The molecule has 0 saturated carbocycles. The topological polar surface area (TPSA) is 82.1 Å². The zero-order chi connectivity index (χ0) is 29.4. The monoisotopic (exact) mass is 594 g/mol. The molecule has 0 aliphatic heterocycles. The molecule has 6 nitrogen and oxygen atoms in total. The highest BCUT2D eigenvalue weighted by Crippen LogP contribution is 2.49. The minimum absolute atomic E-state index is 0.0889. The predicted molar refractivity (Wildman–Crippen MR) is 168 cm³/mol. The summed E-state index contributed by atoms with van der Waals surface area (Å²) >= 11 is 1.88. The van der Waals surface area contributed by atoms with Crippen molar-refractivity contribution >= 4 is 25.3 Å². The van der Waals surface area contributed by atoms with Crippen molar-refractivity contribution in [3.8, 4) is 0 Å². The molecular weight excluding hydrogens is 531 g/mol. The second-order valence-electron chi connectivity index (χ2n) is 11.2. The third-order valence-corrected chi connectivity index (χ3v) is 9.92. The number of carbonyl (C=O) groups is 1. The highest BCUT2D eigenvalue weighted by Gasteiger charge is 2.43. The highest BCUT2D eigenvalue weighted by molar-refractivity contribution is 7.99. The molecule has 0 radical (unpaired) electrons. The zero-order valence-electron chi connectivity index (χ0n) is 26.3. The van der Waals surface area contributed by atoms with Gasteiger partial charge in [0.2, 0.25) is 0 Å². The molecule has 0 bridgehead atoms. The van der Waals surface area contributed by atoms with Gasteiger partial charge in [-0.2, -0.15) is 11.8 Å². The number of ether oxygens (including phenoxy) is 2. The molecule has 0 amide bonds. The van der Waals surface area contributed by atoms with Gasteiger partial charge in [-0.15, -0.1) is 0 Å². The maximum atomic E-state index is 13.0. The van der Waals surface area contributed by atoms with Gasteiger partial charge in [0.25, 0.3) is 5.85 Å². The van der Waals surface area contributed by atoms with Crippen LogP contribution in [0.5, 0.6) is 0 Å². The molecule has 4 unspecified atom stereocenters. The van der Waals surface area contributed by atoms with Gasteiger partial charge in [-0.3, -0.25) is 4.57 Å². The Morgan fingerprint density at radius 2 is 1.23 bits per heavy atom. The average molecular weight is 595 g/mol. The Balaban J connectivity index is 4.94. The van der Waals surface area contributed by atoms with Crippen LogP contribution in [0.15, 0.2) is 0 Å². The van der Waals surface area contributed by atoms with Crippen molar-refractivity contribution in [2.75, 3.05) is 12.4 Å². The van der Waals surface area contributed by atoms with Crippen LogP contribution in [-0.4, -0.2) is 46.5 Å². The largest absolute Gasteiger partial charge is 0.461 e. The van der Waals surface area contributed by atoms with E-state index >= 15 is 0 Å². The average Bonchev–Trinajstić information content (AvgIpc) is 2.89. The number of hydrogen-bond acceptors (Lipinski definition) is 6. The van der Waals surface area contributed by atoms with E-state index in [-0.39, 0.29) is 18.0 Å². The van der Waals surface area contributed by atoms with E-state index in [0.717, 1.165) is 25.0 Å². The van der Waals surface area contributed by atoms with Crippen LogP contribution < -0.4 is 0 Å². The van der Waals surface area contributed by atoms with Crippen molar-refractivity contribution in [2.24, 2.45) is 0 Å². The molecule has 0 heterocycles. The molecule has 1 N–H and O–H groups in total. The molecule has 0 aromatic carbocycles. The lowest BCUT2D eigenvalue weighted by atomic mass is 10.1. The van der Waals surface area contributed by atoms with Crippen LogP contribution in [-0.2, 0) is 23.4 Å². The summed E-state index contributed by atoms with van der Waals surface area (Å²) in [7, 11) is -4.33. The minimum Gasteiger partial charge on any atom is -0.461 e. The smallest absolute Gasteiger partial charge is 0.368 e. The van der Waals surface area contributed by atoms with Crippen molar-refractivity contribution in [3.05, 3.63) is 0 Å². The third kappa shape index (κ3) is 21.3. The standard InChI is InChI=1S/C31H63O6PS/c1-7-10-12-14-16-17-18-19-21-23-26-39-29(24-22-20-15-13-11-8-2)28(6)37-31(30(32)36-27(4)5)38(33,34)35-25-9-3/h27-29,31H,7-26H2,1-6H3,(H,33,34). The SMILES string of the molecule is CCCCCCCCCCCCSC(CCCCCCCC)C(C)OC(C(=O)OC(C)C)P(=O)(O)OCCC. The summed E-state index contributed by atoms with van der Waals surface area (Å²) in [6, 6.07) is 0. The van der Waals surface area contributed by atoms with E-state index in [0.29, 0.717) is 6.42 Å². The Morgan fingerprint density at radius 3 is 1.72 bits per heavy atom. The summed E-state index contributed by atoms with van der Waals surface area (Å²) < 4.78 is 29.5. The molecule has 39 heavy (non-hydrogen) atoms. The van der Waals surface area contributed by atoms with E-state index in [2.05, 4.69) is 13.8 Å². The van der Waals surface area contributed by atoms with Gasteiger partial charge in [0.1, 0.15) is 0 Å². The second-order valence-corrected chi connectivity index (χ2v) is 14.4. The summed E-state index contributed by atoms with van der Waals surface area (Å²) in [5.74, 6) is -1.40. The van der Waals surface area contributed by atoms with Crippen LogP contribution in [0.3, 0.4) is 0 Å². The lowest BCUT2D eigenvalue weighted by Gasteiger charge is -2.29. The van der Waals surface area contributed by atoms with Crippen LogP contribution in [0.4, 0.5) is 0 Å². The summed E-state index contributed by atoms with van der Waals surface area (Å²) in [6.07, 6.45) is 21.2. The second kappa shape index (κ2) is 25.6. The molecule has 4 atom stereocenters. The first kappa shape index (κ1) is 38.9. The van der Waals surface area contributed by atoms with Crippen LogP contribution in [0.1, 0.15) is 157 Å². The maximum Gasteiger partial charge on any atom is 0.368 e. The van der Waals surface area contributed by atoms with Gasteiger partial charge >= 0.3 is 13.6 Å². The van der Waals surface area contributed by atoms with Gasteiger partial charge in [0, 0.05) is 5.25 Å². The lowest BCUT2D eigenvalue weighted by molar-refractivity contribution is -0.159. The van der Waals surface area contributed by atoms with E-state index in [9.17, 15) is 14.3 Å². The number of rotatable bonds is 28. The molecule has 0 aromatic heterocycles. The minimum atomic E-state index is -4.33. The summed E-state index contributed by atoms with van der Waals surface area (Å²) in [4.78, 5) is 23.4.